The average Bonchev–Trinajstić information content (AvgIpc) is 2.58. The Hall–Kier alpha value is -0.690. The fourth-order valence-electron chi connectivity index (χ4n) is 3.16. The lowest BCUT2D eigenvalue weighted by Gasteiger charge is -2.33. The first kappa shape index (κ1) is 9.53. The van der Waals surface area contributed by atoms with Crippen LogP contribution in [0.1, 0.15) is 37.7 Å². The molecular formula is C13H16ClN. The molecular weight excluding hydrogens is 206 g/mol. The highest BCUT2D eigenvalue weighted by Crippen LogP contribution is 2.46. The molecule has 1 aliphatic heterocycles. The van der Waals surface area contributed by atoms with Crippen molar-refractivity contribution in [2.75, 3.05) is 11.9 Å². The average molecular weight is 222 g/mol. The van der Waals surface area contributed by atoms with Crippen LogP contribution >= 0.6 is 11.6 Å². The molecule has 1 saturated carbocycles. The lowest BCUT2D eigenvalue weighted by atomic mass is 9.71. The smallest absolute Gasteiger partial charge is 0.0426 e. The number of fused-ring (bicyclic) bond motifs is 2. The van der Waals surface area contributed by atoms with E-state index in [0.717, 1.165) is 11.6 Å². The van der Waals surface area contributed by atoms with Crippen LogP contribution in [0.5, 0.6) is 0 Å². The van der Waals surface area contributed by atoms with Crippen molar-refractivity contribution < 1.29 is 0 Å². The van der Waals surface area contributed by atoms with Gasteiger partial charge < -0.3 is 5.32 Å². The Balaban J connectivity index is 2.03. The topological polar surface area (TPSA) is 12.0 Å². The first-order valence-electron chi connectivity index (χ1n) is 5.84. The Morgan fingerprint density at radius 1 is 1.13 bits per heavy atom. The Morgan fingerprint density at radius 3 is 2.73 bits per heavy atom. The molecule has 1 aromatic rings. The molecule has 0 aromatic heterocycles. The van der Waals surface area contributed by atoms with Crippen LogP contribution in [0.2, 0.25) is 5.02 Å². The lowest BCUT2D eigenvalue weighted by molar-refractivity contribution is 0.319. The number of hydrogen-bond donors (Lipinski definition) is 1. The van der Waals surface area contributed by atoms with Gasteiger partial charge in [-0.1, -0.05) is 36.9 Å². The van der Waals surface area contributed by atoms with Crippen LogP contribution in [0, 0.1) is 0 Å². The molecule has 2 heteroatoms. The molecule has 1 aromatic carbocycles. The van der Waals surface area contributed by atoms with Gasteiger partial charge in [0.15, 0.2) is 0 Å². The maximum absolute atomic E-state index is 6.01. The van der Waals surface area contributed by atoms with E-state index in [1.54, 1.807) is 0 Å². The number of hydrogen-bond acceptors (Lipinski definition) is 1. The van der Waals surface area contributed by atoms with Gasteiger partial charge in [0.1, 0.15) is 0 Å². The molecule has 1 heterocycles. The molecule has 3 rings (SSSR count). The van der Waals surface area contributed by atoms with Gasteiger partial charge in [0.25, 0.3) is 0 Å². The minimum atomic E-state index is 0.429. The highest BCUT2D eigenvalue weighted by atomic mass is 35.5. The van der Waals surface area contributed by atoms with Gasteiger partial charge in [-0.15, -0.1) is 0 Å². The van der Waals surface area contributed by atoms with Gasteiger partial charge in [-0.2, -0.15) is 0 Å². The van der Waals surface area contributed by atoms with Crippen molar-refractivity contribution in [2.24, 2.45) is 0 Å². The zero-order valence-corrected chi connectivity index (χ0v) is 9.61. The molecule has 1 nitrogen and oxygen atoms in total. The second-order valence-electron chi connectivity index (χ2n) is 4.88. The maximum Gasteiger partial charge on any atom is 0.0426 e. The third-order valence-electron chi connectivity index (χ3n) is 3.98. The molecule has 0 saturated heterocycles. The van der Waals surface area contributed by atoms with Gasteiger partial charge >= 0.3 is 0 Å². The van der Waals surface area contributed by atoms with Crippen LogP contribution in [0.15, 0.2) is 18.2 Å². The molecule has 80 valence electrons. The van der Waals surface area contributed by atoms with E-state index in [9.17, 15) is 0 Å². The summed E-state index contributed by atoms with van der Waals surface area (Å²) in [4.78, 5) is 0. The van der Waals surface area contributed by atoms with Gasteiger partial charge in [-0.3, -0.25) is 0 Å². The fourth-order valence-corrected chi connectivity index (χ4v) is 3.33. The standard InChI is InChI=1S/C13H16ClN/c14-10-4-5-11-12(8-10)15-9-13(11)6-2-1-3-7-13/h4-5,8,15H,1-3,6-7,9H2. The second kappa shape index (κ2) is 3.41. The van der Waals surface area contributed by atoms with Gasteiger partial charge in [0, 0.05) is 22.7 Å². The zero-order chi connectivity index (χ0) is 10.3. The summed E-state index contributed by atoms with van der Waals surface area (Å²) >= 11 is 6.01. The van der Waals surface area contributed by atoms with Crippen molar-refractivity contribution in [1.82, 2.24) is 0 Å². The molecule has 0 unspecified atom stereocenters. The van der Waals surface area contributed by atoms with Crippen molar-refractivity contribution in [3.63, 3.8) is 0 Å². The van der Waals surface area contributed by atoms with E-state index in [1.165, 1.54) is 43.4 Å². The molecule has 0 amide bonds. The molecule has 0 bridgehead atoms. The van der Waals surface area contributed by atoms with Gasteiger partial charge in [-0.05, 0) is 30.5 Å². The number of halogens is 1. The third-order valence-corrected chi connectivity index (χ3v) is 4.22. The Kier molecular flexibility index (Phi) is 2.17. The van der Waals surface area contributed by atoms with E-state index in [0.29, 0.717) is 5.41 Å². The minimum Gasteiger partial charge on any atom is -0.384 e. The van der Waals surface area contributed by atoms with E-state index < -0.39 is 0 Å². The number of anilines is 1. The molecule has 1 N–H and O–H groups in total. The molecule has 0 atom stereocenters. The molecule has 15 heavy (non-hydrogen) atoms. The Bertz CT molecular complexity index is 380. The summed E-state index contributed by atoms with van der Waals surface area (Å²) in [6.07, 6.45) is 6.85. The quantitative estimate of drug-likeness (QED) is 0.699. The maximum atomic E-state index is 6.01. The van der Waals surface area contributed by atoms with E-state index in [4.69, 9.17) is 11.6 Å². The highest BCUT2D eigenvalue weighted by Gasteiger charge is 2.39. The fraction of sp³-hybridized carbons (Fsp3) is 0.538. The van der Waals surface area contributed by atoms with Crippen LogP contribution in [-0.4, -0.2) is 6.54 Å². The minimum absolute atomic E-state index is 0.429. The number of nitrogens with one attached hydrogen (secondary N) is 1. The monoisotopic (exact) mass is 221 g/mol. The Morgan fingerprint density at radius 2 is 1.93 bits per heavy atom. The highest BCUT2D eigenvalue weighted by molar-refractivity contribution is 6.30. The van der Waals surface area contributed by atoms with Gasteiger partial charge in [0.2, 0.25) is 0 Å². The summed E-state index contributed by atoms with van der Waals surface area (Å²) in [6, 6.07) is 6.33. The van der Waals surface area contributed by atoms with E-state index in [1.807, 2.05) is 6.07 Å². The van der Waals surface area contributed by atoms with Crippen molar-refractivity contribution in [3.05, 3.63) is 28.8 Å². The predicted molar refractivity (Wildman–Crippen MR) is 64.7 cm³/mol. The van der Waals surface area contributed by atoms with Crippen LogP contribution in [0.4, 0.5) is 5.69 Å². The molecule has 0 radical (unpaired) electrons. The van der Waals surface area contributed by atoms with Gasteiger partial charge in [-0.25, -0.2) is 0 Å². The summed E-state index contributed by atoms with van der Waals surface area (Å²) < 4.78 is 0. The third kappa shape index (κ3) is 1.45. The summed E-state index contributed by atoms with van der Waals surface area (Å²) in [5.41, 5.74) is 3.20. The Labute approximate surface area is 95.8 Å². The van der Waals surface area contributed by atoms with Gasteiger partial charge in [0.05, 0.1) is 0 Å². The number of rotatable bonds is 0. The lowest BCUT2D eigenvalue weighted by Crippen LogP contribution is -2.30. The van der Waals surface area contributed by atoms with Crippen LogP contribution in [0.3, 0.4) is 0 Å². The summed E-state index contributed by atoms with van der Waals surface area (Å²) in [6.45, 7) is 1.11. The van der Waals surface area contributed by atoms with Crippen molar-refractivity contribution in [2.45, 2.75) is 37.5 Å². The SMILES string of the molecule is Clc1ccc2c(c1)NCC21CCCCC1. The first-order valence-corrected chi connectivity index (χ1v) is 6.22. The van der Waals surface area contributed by atoms with Crippen LogP contribution in [-0.2, 0) is 5.41 Å². The zero-order valence-electron chi connectivity index (χ0n) is 8.85. The molecule has 1 fully saturated rings. The van der Waals surface area contributed by atoms with Crippen molar-refractivity contribution in [3.8, 4) is 0 Å². The molecule has 2 aliphatic rings. The first-order chi connectivity index (χ1) is 7.30. The van der Waals surface area contributed by atoms with E-state index in [-0.39, 0.29) is 0 Å². The number of benzene rings is 1. The van der Waals surface area contributed by atoms with Crippen LogP contribution < -0.4 is 5.32 Å². The summed E-state index contributed by atoms with van der Waals surface area (Å²) in [5.74, 6) is 0. The summed E-state index contributed by atoms with van der Waals surface area (Å²) in [7, 11) is 0. The molecule has 1 aliphatic carbocycles. The second-order valence-corrected chi connectivity index (χ2v) is 5.32. The van der Waals surface area contributed by atoms with Crippen molar-refractivity contribution >= 4 is 17.3 Å². The normalized spacial score (nSPS) is 22.5. The van der Waals surface area contributed by atoms with E-state index in [2.05, 4.69) is 17.4 Å². The summed E-state index contributed by atoms with van der Waals surface area (Å²) in [5, 5.41) is 4.36. The molecule has 1 spiro atoms. The van der Waals surface area contributed by atoms with Crippen molar-refractivity contribution in [1.29, 1.82) is 0 Å². The predicted octanol–water partition coefficient (Wildman–Crippen LogP) is 3.97. The van der Waals surface area contributed by atoms with Crippen LogP contribution in [0.25, 0.3) is 0 Å². The van der Waals surface area contributed by atoms with E-state index >= 15 is 0 Å². The largest absolute Gasteiger partial charge is 0.384 e.